The van der Waals surface area contributed by atoms with Crippen molar-refractivity contribution < 1.29 is 0 Å². The van der Waals surface area contributed by atoms with Gasteiger partial charge in [0.1, 0.15) is 0 Å². The Bertz CT molecular complexity index is 3590. The van der Waals surface area contributed by atoms with Crippen LogP contribution in [0.4, 0.5) is 39.8 Å². The van der Waals surface area contributed by atoms with Crippen LogP contribution in [0.2, 0.25) is 0 Å². The highest BCUT2D eigenvalue weighted by Gasteiger charge is 2.64. The average Bonchev–Trinajstić information content (AvgIpc) is 3.73. The Morgan fingerprint density at radius 2 is 1.18 bits per heavy atom. The minimum absolute atomic E-state index is 0.00143. The van der Waals surface area contributed by atoms with Crippen molar-refractivity contribution in [2.24, 2.45) is 0 Å². The van der Waals surface area contributed by atoms with Crippen molar-refractivity contribution in [1.82, 2.24) is 0 Å². The lowest BCUT2D eigenvalue weighted by molar-refractivity contribution is 0.194. The van der Waals surface area contributed by atoms with Gasteiger partial charge in [0, 0.05) is 50.6 Å². The lowest BCUT2D eigenvalue weighted by atomic mass is 9.33. The predicted octanol–water partition coefficient (Wildman–Crippen LogP) is 15.6. The van der Waals surface area contributed by atoms with Gasteiger partial charge in [-0.3, -0.25) is 0 Å². The van der Waals surface area contributed by atoms with Crippen molar-refractivity contribution >= 4 is 62.9 Å². The summed E-state index contributed by atoms with van der Waals surface area (Å²) in [7, 11) is 0. The fraction of sp³-hybridized carbons (Fsp3) is 0.294. The summed E-state index contributed by atoms with van der Waals surface area (Å²) in [5.41, 5.74) is 27.9. The molecule has 4 aliphatic heterocycles. The van der Waals surface area contributed by atoms with Crippen LogP contribution in [0.1, 0.15) is 120 Å². The topological polar surface area (TPSA) is 9.72 Å². The lowest BCUT2D eigenvalue weighted by Crippen LogP contribution is -2.64. The van der Waals surface area contributed by atoms with E-state index >= 15 is 0 Å². The molecule has 6 aliphatic rings. The van der Waals surface area contributed by atoms with Crippen LogP contribution in [0.5, 0.6) is 0 Å². The summed E-state index contributed by atoms with van der Waals surface area (Å²) in [5, 5.41) is 0. The molecule has 356 valence electrons. The average molecular weight is 936 g/mol. The quantitative estimate of drug-likeness (QED) is 0.163. The Morgan fingerprint density at radius 3 is 1.93 bits per heavy atom. The maximum atomic E-state index is 2.92. The molecule has 0 saturated heterocycles. The zero-order valence-electron chi connectivity index (χ0n) is 43.8. The molecule has 0 N–H and O–H groups in total. The van der Waals surface area contributed by atoms with Crippen LogP contribution in [0.15, 0.2) is 164 Å². The molecule has 4 unspecified atom stereocenters. The molecular weight excluding hydrogens is 870 g/mol. The van der Waals surface area contributed by atoms with E-state index in [2.05, 4.69) is 241 Å². The summed E-state index contributed by atoms with van der Waals surface area (Å²) in [6.45, 7) is 22.4. The van der Waals surface area contributed by atoms with Crippen LogP contribution < -0.4 is 31.1 Å². The third kappa shape index (κ3) is 5.65. The summed E-state index contributed by atoms with van der Waals surface area (Å²) in [4.78, 5) is 8.47. The molecule has 8 aromatic carbocycles. The highest BCUT2D eigenvalue weighted by molar-refractivity contribution is 7.00. The number of anilines is 7. The summed E-state index contributed by atoms with van der Waals surface area (Å²) in [6, 6.07) is 63.9. The van der Waals surface area contributed by atoms with Crippen LogP contribution in [-0.2, 0) is 28.2 Å². The summed E-state index contributed by atoms with van der Waals surface area (Å²) in [6.07, 6.45) is 6.99. The Labute approximate surface area is 428 Å². The Morgan fingerprint density at radius 1 is 0.500 bits per heavy atom. The van der Waals surface area contributed by atoms with Gasteiger partial charge >= 0.3 is 0 Å². The Kier molecular flexibility index (Phi) is 9.10. The van der Waals surface area contributed by atoms with Gasteiger partial charge in [-0.05, 0) is 173 Å². The van der Waals surface area contributed by atoms with E-state index in [1.165, 1.54) is 131 Å². The van der Waals surface area contributed by atoms with Gasteiger partial charge < -0.3 is 14.7 Å². The molecule has 2 aliphatic carbocycles. The van der Waals surface area contributed by atoms with Gasteiger partial charge in [-0.25, -0.2) is 0 Å². The Balaban J connectivity index is 1.14. The van der Waals surface area contributed by atoms with Gasteiger partial charge in [0.15, 0.2) is 0 Å². The first kappa shape index (κ1) is 44.0. The minimum atomic E-state index is -0.359. The predicted molar refractivity (Wildman–Crippen MR) is 306 cm³/mol. The van der Waals surface area contributed by atoms with E-state index in [-0.39, 0.29) is 34.0 Å². The number of rotatable bonds is 4. The van der Waals surface area contributed by atoms with Crippen molar-refractivity contribution in [1.29, 1.82) is 0 Å². The van der Waals surface area contributed by atoms with Crippen LogP contribution in [0, 0.1) is 13.8 Å². The van der Waals surface area contributed by atoms with Gasteiger partial charge in [-0.2, -0.15) is 0 Å². The molecular formula is C68H66BN3. The molecule has 1 fully saturated rings. The SMILES string of the molecule is Cc1cc(C)c2c(c1)N(c1cc3c4c(c1)N1c5c(cc(C(C)(C)C)cc5C5(C)CCc6ccccc6C15C)B4c1ccc(-c4ccccc4)cc1N3c1cccc(-c3ccccc3)c1)C1(C)CCCCC21C. The van der Waals surface area contributed by atoms with Gasteiger partial charge in [-0.15, -0.1) is 0 Å². The van der Waals surface area contributed by atoms with Crippen LogP contribution in [0.3, 0.4) is 0 Å². The van der Waals surface area contributed by atoms with Crippen molar-refractivity contribution in [3.63, 3.8) is 0 Å². The molecule has 14 rings (SSSR count). The highest BCUT2D eigenvalue weighted by atomic mass is 15.3. The normalized spacial score (nSPS) is 24.0. The van der Waals surface area contributed by atoms with E-state index in [0.29, 0.717) is 0 Å². The van der Waals surface area contributed by atoms with Crippen LogP contribution in [-0.4, -0.2) is 12.3 Å². The van der Waals surface area contributed by atoms with E-state index in [4.69, 9.17) is 0 Å². The van der Waals surface area contributed by atoms with E-state index < -0.39 is 0 Å². The minimum Gasteiger partial charge on any atom is -0.334 e. The maximum Gasteiger partial charge on any atom is 0.252 e. The standard InChI is InChI=1S/C68H66BN3/c1-43-35-44(2)61-58(36-43)71(67(8)33-19-18-32-66(61,67)7)52-41-59-62-60(42-52)72-63-54(65(6)34-31-47-25-16-17-28-53(47)68(65,72)9)39-50(64(3,4)5)40-56(63)69(62)55-30-29-49(46-23-14-11-15-24-46)38-57(55)70(59)51-27-20-26-48(37-51)45-21-12-10-13-22-45/h10-17,20-30,35-42H,18-19,31-34H2,1-9H3. The van der Waals surface area contributed by atoms with Crippen LogP contribution >= 0.6 is 0 Å². The first-order valence-corrected chi connectivity index (χ1v) is 27.0. The molecule has 0 aromatic heterocycles. The molecule has 4 heterocycles. The molecule has 72 heavy (non-hydrogen) atoms. The molecule has 4 atom stereocenters. The first-order chi connectivity index (χ1) is 34.6. The second kappa shape index (κ2) is 14.9. The summed E-state index contributed by atoms with van der Waals surface area (Å²) in [5.74, 6) is 0. The lowest BCUT2D eigenvalue weighted by Gasteiger charge is -2.54. The monoisotopic (exact) mass is 936 g/mol. The molecule has 0 spiro atoms. The molecule has 0 amide bonds. The molecule has 3 nitrogen and oxygen atoms in total. The molecule has 0 bridgehead atoms. The highest BCUT2D eigenvalue weighted by Crippen LogP contribution is 2.67. The third-order valence-corrected chi connectivity index (χ3v) is 19.7. The van der Waals surface area contributed by atoms with Gasteiger partial charge in [0.2, 0.25) is 0 Å². The summed E-state index contributed by atoms with van der Waals surface area (Å²) >= 11 is 0. The number of aryl methyl sites for hydroxylation is 3. The first-order valence-electron chi connectivity index (χ1n) is 27.0. The van der Waals surface area contributed by atoms with Crippen molar-refractivity contribution in [3.05, 3.63) is 203 Å². The smallest absolute Gasteiger partial charge is 0.252 e. The number of hydrogen-bond acceptors (Lipinski definition) is 3. The Hall–Kier alpha value is -6.78. The maximum absolute atomic E-state index is 2.92. The fourth-order valence-electron chi connectivity index (χ4n) is 15.8. The molecule has 8 aromatic rings. The summed E-state index contributed by atoms with van der Waals surface area (Å²) < 4.78 is 0. The number of hydrogen-bond donors (Lipinski definition) is 0. The van der Waals surface area contributed by atoms with Crippen molar-refractivity contribution in [2.75, 3.05) is 14.7 Å². The van der Waals surface area contributed by atoms with E-state index in [1.54, 1.807) is 5.56 Å². The van der Waals surface area contributed by atoms with Crippen LogP contribution in [0.25, 0.3) is 22.3 Å². The largest absolute Gasteiger partial charge is 0.334 e. The van der Waals surface area contributed by atoms with Gasteiger partial charge in [-0.1, -0.05) is 175 Å². The fourth-order valence-corrected chi connectivity index (χ4v) is 15.8. The number of benzene rings is 8. The molecule has 4 heteroatoms. The molecule has 0 radical (unpaired) electrons. The van der Waals surface area contributed by atoms with E-state index in [1.807, 2.05) is 0 Å². The number of nitrogens with zero attached hydrogens (tertiary/aromatic N) is 3. The van der Waals surface area contributed by atoms with E-state index in [0.717, 1.165) is 19.3 Å². The van der Waals surface area contributed by atoms with Gasteiger partial charge in [0.25, 0.3) is 6.71 Å². The zero-order valence-corrected chi connectivity index (χ0v) is 43.8. The second-order valence-electron chi connectivity index (χ2n) is 24.5. The van der Waals surface area contributed by atoms with Gasteiger partial charge in [0.05, 0.1) is 11.1 Å². The molecule has 1 saturated carbocycles. The van der Waals surface area contributed by atoms with Crippen molar-refractivity contribution in [2.45, 2.75) is 128 Å². The number of fused-ring (bicyclic) bond motifs is 12. The second-order valence-corrected chi connectivity index (χ2v) is 24.5. The van der Waals surface area contributed by atoms with E-state index in [9.17, 15) is 0 Å². The zero-order chi connectivity index (χ0) is 49.3. The van der Waals surface area contributed by atoms with Crippen molar-refractivity contribution in [3.8, 4) is 22.3 Å². The third-order valence-electron chi connectivity index (χ3n) is 19.7.